The van der Waals surface area contributed by atoms with Gasteiger partial charge in [0, 0.05) is 19.1 Å². The summed E-state index contributed by atoms with van der Waals surface area (Å²) in [5.74, 6) is 0.271. The van der Waals surface area contributed by atoms with Crippen molar-refractivity contribution in [2.75, 3.05) is 32.7 Å². The molecule has 0 aromatic carbocycles. The molecule has 0 radical (unpaired) electrons. The molecule has 2 atom stereocenters. The number of amides is 1. The normalized spacial score (nSPS) is 29.3. The molecular formula is C16H31N3O. The molecule has 116 valence electrons. The van der Waals surface area contributed by atoms with E-state index in [0.29, 0.717) is 6.04 Å². The topological polar surface area (TPSA) is 44.4 Å². The van der Waals surface area contributed by atoms with Crippen molar-refractivity contribution in [1.29, 1.82) is 0 Å². The maximum Gasteiger partial charge on any atom is 0.227 e. The first-order valence-electron chi connectivity index (χ1n) is 8.41. The van der Waals surface area contributed by atoms with Gasteiger partial charge in [0.05, 0.1) is 5.41 Å². The van der Waals surface area contributed by atoms with Crippen molar-refractivity contribution in [2.24, 2.45) is 5.41 Å². The minimum absolute atomic E-state index is 0.142. The Kier molecular flexibility index (Phi) is 5.85. The molecular weight excluding hydrogens is 250 g/mol. The van der Waals surface area contributed by atoms with Gasteiger partial charge in [-0.3, -0.25) is 9.69 Å². The molecule has 2 unspecified atom stereocenters. The molecule has 0 saturated carbocycles. The fraction of sp³-hybridized carbons (Fsp3) is 0.938. The fourth-order valence-corrected chi connectivity index (χ4v) is 3.66. The lowest BCUT2D eigenvalue weighted by Gasteiger charge is -2.33. The zero-order valence-electron chi connectivity index (χ0n) is 13.2. The third-order valence-electron chi connectivity index (χ3n) is 5.03. The van der Waals surface area contributed by atoms with Gasteiger partial charge in [0.1, 0.15) is 0 Å². The van der Waals surface area contributed by atoms with E-state index in [-0.39, 0.29) is 11.3 Å². The first-order valence-corrected chi connectivity index (χ1v) is 8.41. The van der Waals surface area contributed by atoms with Crippen molar-refractivity contribution in [3.8, 4) is 0 Å². The van der Waals surface area contributed by atoms with Crippen molar-refractivity contribution >= 4 is 5.91 Å². The molecule has 2 saturated heterocycles. The molecule has 2 heterocycles. The van der Waals surface area contributed by atoms with Gasteiger partial charge in [0.15, 0.2) is 0 Å². The highest BCUT2D eigenvalue weighted by Crippen LogP contribution is 2.31. The van der Waals surface area contributed by atoms with E-state index in [4.69, 9.17) is 0 Å². The summed E-state index contributed by atoms with van der Waals surface area (Å²) in [5, 5.41) is 6.59. The molecule has 2 N–H and O–H groups in total. The largest absolute Gasteiger partial charge is 0.354 e. The number of nitrogens with one attached hydrogen (secondary N) is 2. The molecule has 2 fully saturated rings. The van der Waals surface area contributed by atoms with E-state index in [1.54, 1.807) is 0 Å². The summed E-state index contributed by atoms with van der Waals surface area (Å²) < 4.78 is 0. The highest BCUT2D eigenvalue weighted by molar-refractivity contribution is 5.83. The van der Waals surface area contributed by atoms with Crippen LogP contribution in [0.5, 0.6) is 0 Å². The third-order valence-corrected chi connectivity index (χ3v) is 5.03. The van der Waals surface area contributed by atoms with E-state index >= 15 is 0 Å². The monoisotopic (exact) mass is 281 g/mol. The van der Waals surface area contributed by atoms with Crippen LogP contribution in [-0.2, 0) is 4.79 Å². The maximum atomic E-state index is 12.6. The van der Waals surface area contributed by atoms with Crippen molar-refractivity contribution < 1.29 is 4.79 Å². The van der Waals surface area contributed by atoms with Crippen molar-refractivity contribution in [2.45, 2.75) is 58.4 Å². The van der Waals surface area contributed by atoms with Crippen LogP contribution in [0, 0.1) is 5.41 Å². The Morgan fingerprint density at radius 2 is 2.10 bits per heavy atom. The number of rotatable bonds is 6. The van der Waals surface area contributed by atoms with Crippen LogP contribution in [0.15, 0.2) is 0 Å². The number of carbonyl (C=O) groups excluding carboxylic acids is 1. The molecule has 20 heavy (non-hydrogen) atoms. The van der Waals surface area contributed by atoms with Gasteiger partial charge in [-0.2, -0.15) is 0 Å². The van der Waals surface area contributed by atoms with E-state index in [2.05, 4.69) is 29.4 Å². The third kappa shape index (κ3) is 3.73. The van der Waals surface area contributed by atoms with Crippen LogP contribution < -0.4 is 10.6 Å². The summed E-state index contributed by atoms with van der Waals surface area (Å²) in [6.45, 7) is 9.43. The summed E-state index contributed by atoms with van der Waals surface area (Å²) in [5.41, 5.74) is -0.142. The maximum absolute atomic E-state index is 12.6. The van der Waals surface area contributed by atoms with Crippen molar-refractivity contribution in [3.63, 3.8) is 0 Å². The molecule has 0 aromatic heterocycles. The van der Waals surface area contributed by atoms with E-state index in [1.807, 2.05) is 0 Å². The van der Waals surface area contributed by atoms with Gasteiger partial charge in [-0.25, -0.2) is 0 Å². The van der Waals surface area contributed by atoms with Crippen molar-refractivity contribution in [3.05, 3.63) is 0 Å². The summed E-state index contributed by atoms with van der Waals surface area (Å²) in [4.78, 5) is 15.1. The lowest BCUT2D eigenvalue weighted by molar-refractivity contribution is -0.130. The zero-order chi connectivity index (χ0) is 14.4. The summed E-state index contributed by atoms with van der Waals surface area (Å²) in [6, 6.07) is 0.465. The van der Waals surface area contributed by atoms with Gasteiger partial charge in [0.25, 0.3) is 0 Å². The van der Waals surface area contributed by atoms with Gasteiger partial charge in [-0.1, -0.05) is 19.8 Å². The fourth-order valence-electron chi connectivity index (χ4n) is 3.66. The number of nitrogens with zero attached hydrogens (tertiary/aromatic N) is 1. The molecule has 0 spiro atoms. The summed E-state index contributed by atoms with van der Waals surface area (Å²) in [7, 11) is 0. The minimum Gasteiger partial charge on any atom is -0.354 e. The molecule has 1 amide bonds. The lowest BCUT2D eigenvalue weighted by atomic mass is 9.81. The molecule has 2 aliphatic rings. The quantitative estimate of drug-likeness (QED) is 0.780. The van der Waals surface area contributed by atoms with Crippen LogP contribution in [0.25, 0.3) is 0 Å². The average molecular weight is 281 g/mol. The smallest absolute Gasteiger partial charge is 0.227 e. The highest BCUT2D eigenvalue weighted by atomic mass is 16.2. The SMILES string of the molecule is CCCC1(C(=O)NCC(C)N2CCCCC2)CCNC1. The Bertz CT molecular complexity index is 307. The molecule has 4 heteroatoms. The predicted octanol–water partition coefficient (Wildman–Crippen LogP) is 1.76. The second-order valence-corrected chi connectivity index (χ2v) is 6.61. The minimum atomic E-state index is -0.142. The number of likely N-dealkylation sites (tertiary alicyclic amines) is 1. The van der Waals surface area contributed by atoms with Gasteiger partial charge in [-0.05, 0) is 52.2 Å². The molecule has 0 aliphatic carbocycles. The number of hydrogen-bond acceptors (Lipinski definition) is 3. The van der Waals surface area contributed by atoms with Crippen LogP contribution in [0.3, 0.4) is 0 Å². The Labute approximate surface area is 123 Å². The molecule has 0 aromatic rings. The lowest BCUT2D eigenvalue weighted by Crippen LogP contribution is -2.49. The number of piperidine rings is 1. The average Bonchev–Trinajstić information content (AvgIpc) is 2.95. The Hall–Kier alpha value is -0.610. The van der Waals surface area contributed by atoms with Crippen LogP contribution >= 0.6 is 0 Å². The molecule has 2 aliphatic heterocycles. The predicted molar refractivity (Wildman–Crippen MR) is 82.7 cm³/mol. The van der Waals surface area contributed by atoms with Crippen LogP contribution in [-0.4, -0.2) is 49.6 Å². The van der Waals surface area contributed by atoms with Crippen LogP contribution in [0.1, 0.15) is 52.4 Å². The summed E-state index contributed by atoms with van der Waals surface area (Å²) in [6.07, 6.45) is 7.05. The van der Waals surface area contributed by atoms with Crippen molar-refractivity contribution in [1.82, 2.24) is 15.5 Å². The number of hydrogen-bond donors (Lipinski definition) is 2. The number of carbonyl (C=O) groups is 1. The van der Waals surface area contributed by atoms with Gasteiger partial charge >= 0.3 is 0 Å². The van der Waals surface area contributed by atoms with Gasteiger partial charge in [0.2, 0.25) is 5.91 Å². The first kappa shape index (κ1) is 15.8. The standard InChI is InChI=1S/C16H31N3O/c1-3-7-16(8-9-17-13-16)15(20)18-12-14(2)19-10-5-4-6-11-19/h14,17H,3-13H2,1-2H3,(H,18,20). The highest BCUT2D eigenvalue weighted by Gasteiger charge is 2.40. The van der Waals surface area contributed by atoms with E-state index < -0.39 is 0 Å². The zero-order valence-corrected chi connectivity index (χ0v) is 13.2. The first-order chi connectivity index (χ1) is 9.68. The molecule has 2 rings (SSSR count). The summed E-state index contributed by atoms with van der Waals surface area (Å²) >= 11 is 0. The second kappa shape index (κ2) is 7.41. The van der Waals surface area contributed by atoms with Crippen LogP contribution in [0.2, 0.25) is 0 Å². The Balaban J connectivity index is 1.81. The van der Waals surface area contributed by atoms with E-state index in [0.717, 1.165) is 38.9 Å². The van der Waals surface area contributed by atoms with E-state index in [9.17, 15) is 4.79 Å². The van der Waals surface area contributed by atoms with Gasteiger partial charge in [-0.15, -0.1) is 0 Å². The Morgan fingerprint density at radius 1 is 1.35 bits per heavy atom. The molecule has 4 nitrogen and oxygen atoms in total. The molecule has 0 bridgehead atoms. The second-order valence-electron chi connectivity index (χ2n) is 6.61. The van der Waals surface area contributed by atoms with Crippen LogP contribution in [0.4, 0.5) is 0 Å². The Morgan fingerprint density at radius 3 is 2.70 bits per heavy atom. The van der Waals surface area contributed by atoms with Gasteiger partial charge < -0.3 is 10.6 Å². The van der Waals surface area contributed by atoms with E-state index in [1.165, 1.54) is 32.4 Å².